The second kappa shape index (κ2) is 10.8. The van der Waals surface area contributed by atoms with E-state index in [9.17, 15) is 9.59 Å². The number of likely N-dealkylation sites (tertiary alicyclic amines) is 2. The van der Waals surface area contributed by atoms with Gasteiger partial charge in [-0.25, -0.2) is 0 Å². The van der Waals surface area contributed by atoms with Crippen molar-refractivity contribution in [3.05, 3.63) is 59.9 Å². The highest BCUT2D eigenvalue weighted by atomic mass is 16.5. The summed E-state index contributed by atoms with van der Waals surface area (Å²) in [5, 5.41) is 2.19. The van der Waals surface area contributed by atoms with Crippen molar-refractivity contribution in [2.24, 2.45) is 0 Å². The summed E-state index contributed by atoms with van der Waals surface area (Å²) in [4.78, 5) is 36.8. The van der Waals surface area contributed by atoms with Crippen LogP contribution in [-0.4, -0.2) is 72.0 Å². The third-order valence-corrected chi connectivity index (χ3v) is 8.51. The minimum atomic E-state index is -0.434. The predicted molar refractivity (Wildman–Crippen MR) is 151 cm³/mol. The fraction of sp³-hybridized carbons (Fsp3) is 0.419. The average Bonchev–Trinajstić information content (AvgIpc) is 3.66. The Bertz CT molecular complexity index is 1510. The molecule has 0 aliphatic carbocycles. The van der Waals surface area contributed by atoms with Crippen molar-refractivity contribution in [3.8, 4) is 11.5 Å². The standard InChI is InChI=1S/C31H36N4O4/c1-38-21-7-9-28-23(14-21)26(17-32-28)20-6-5-12-34(19-20)11-3-4-13-35-30(36)16-25(31(35)37)27-18-33-29-10-8-22(39-2)15-24(27)29/h7-10,14-15,17-18,20,25,32-33H,3-6,11-13,16,19H2,1-2H3. The largest absolute Gasteiger partial charge is 0.497 e. The number of hydrogen-bond donors (Lipinski definition) is 2. The Morgan fingerprint density at radius 2 is 1.51 bits per heavy atom. The third kappa shape index (κ3) is 4.89. The minimum absolute atomic E-state index is 0.0740. The minimum Gasteiger partial charge on any atom is -0.497 e. The van der Waals surface area contributed by atoms with E-state index < -0.39 is 5.92 Å². The molecule has 8 heteroatoms. The molecule has 4 heterocycles. The van der Waals surface area contributed by atoms with E-state index in [1.807, 2.05) is 30.5 Å². The number of H-pyrrole nitrogens is 2. The van der Waals surface area contributed by atoms with Crippen LogP contribution in [0.25, 0.3) is 21.8 Å². The molecule has 2 fully saturated rings. The number of unbranched alkanes of at least 4 members (excludes halogenated alkanes) is 1. The zero-order valence-electron chi connectivity index (χ0n) is 22.7. The predicted octanol–water partition coefficient (Wildman–Crippen LogP) is 5.17. The van der Waals surface area contributed by atoms with Gasteiger partial charge in [-0.2, -0.15) is 0 Å². The summed E-state index contributed by atoms with van der Waals surface area (Å²) in [6.45, 7) is 3.58. The Morgan fingerprint density at radius 3 is 2.21 bits per heavy atom. The molecule has 2 atom stereocenters. The number of piperidine rings is 1. The molecule has 204 valence electrons. The van der Waals surface area contributed by atoms with Gasteiger partial charge >= 0.3 is 0 Å². The Hall–Kier alpha value is -3.78. The maximum absolute atomic E-state index is 13.3. The fourth-order valence-corrected chi connectivity index (χ4v) is 6.40. The molecule has 2 aromatic heterocycles. The zero-order chi connectivity index (χ0) is 26.9. The lowest BCUT2D eigenvalue weighted by atomic mass is 9.90. The number of aromatic nitrogens is 2. The maximum Gasteiger partial charge on any atom is 0.237 e. The Balaban J connectivity index is 1.04. The maximum atomic E-state index is 13.3. The van der Waals surface area contributed by atoms with Gasteiger partial charge in [0.1, 0.15) is 11.5 Å². The smallest absolute Gasteiger partial charge is 0.237 e. The summed E-state index contributed by atoms with van der Waals surface area (Å²) in [5.74, 6) is 1.51. The van der Waals surface area contributed by atoms with E-state index in [1.165, 1.54) is 28.7 Å². The second-order valence-electron chi connectivity index (χ2n) is 10.8. The van der Waals surface area contributed by atoms with Crippen molar-refractivity contribution in [1.29, 1.82) is 0 Å². The molecule has 39 heavy (non-hydrogen) atoms. The first-order valence-corrected chi connectivity index (χ1v) is 13.9. The van der Waals surface area contributed by atoms with Crippen molar-refractivity contribution in [2.75, 3.05) is 40.4 Å². The molecule has 4 aromatic rings. The van der Waals surface area contributed by atoms with E-state index in [0.717, 1.165) is 66.0 Å². The Morgan fingerprint density at radius 1 is 0.872 bits per heavy atom. The van der Waals surface area contributed by atoms with Crippen molar-refractivity contribution >= 4 is 33.6 Å². The lowest BCUT2D eigenvalue weighted by Gasteiger charge is -2.33. The van der Waals surface area contributed by atoms with Gasteiger partial charge in [-0.15, -0.1) is 0 Å². The summed E-state index contributed by atoms with van der Waals surface area (Å²) >= 11 is 0. The van der Waals surface area contributed by atoms with Crippen molar-refractivity contribution in [1.82, 2.24) is 19.8 Å². The summed E-state index contributed by atoms with van der Waals surface area (Å²) in [5.41, 5.74) is 4.32. The third-order valence-electron chi connectivity index (χ3n) is 8.51. The van der Waals surface area contributed by atoms with Gasteiger partial charge in [0.2, 0.25) is 11.8 Å². The molecular formula is C31H36N4O4. The highest BCUT2D eigenvalue weighted by Gasteiger charge is 2.40. The molecule has 0 radical (unpaired) electrons. The van der Waals surface area contributed by atoms with Crippen LogP contribution in [0.5, 0.6) is 11.5 Å². The van der Waals surface area contributed by atoms with Crippen LogP contribution in [-0.2, 0) is 9.59 Å². The number of carbonyl (C=O) groups excluding carboxylic acids is 2. The quantitative estimate of drug-likeness (QED) is 0.231. The van der Waals surface area contributed by atoms with E-state index in [-0.39, 0.29) is 18.2 Å². The number of nitrogens with zero attached hydrogens (tertiary/aromatic N) is 2. The number of amides is 2. The van der Waals surface area contributed by atoms with Crippen molar-refractivity contribution in [3.63, 3.8) is 0 Å². The molecule has 0 bridgehead atoms. The number of hydrogen-bond acceptors (Lipinski definition) is 5. The summed E-state index contributed by atoms with van der Waals surface area (Å²) in [6.07, 6.45) is 8.37. The molecule has 0 saturated carbocycles. The topological polar surface area (TPSA) is 90.7 Å². The van der Waals surface area contributed by atoms with E-state index >= 15 is 0 Å². The van der Waals surface area contributed by atoms with Crippen LogP contribution < -0.4 is 9.47 Å². The van der Waals surface area contributed by atoms with Gasteiger partial charge in [-0.1, -0.05) is 0 Å². The number of benzene rings is 2. The number of aromatic amines is 2. The lowest BCUT2D eigenvalue weighted by molar-refractivity contribution is -0.138. The fourth-order valence-electron chi connectivity index (χ4n) is 6.40. The highest BCUT2D eigenvalue weighted by molar-refractivity contribution is 6.08. The number of nitrogens with one attached hydrogen (secondary N) is 2. The van der Waals surface area contributed by atoms with E-state index in [2.05, 4.69) is 33.2 Å². The molecule has 2 N–H and O–H groups in total. The SMILES string of the molecule is COc1ccc2[nH]cc(C3CCCN(CCCCN4C(=O)CC(c5c[nH]c6ccc(OC)cc56)C4=O)C3)c2c1. The Kier molecular flexibility index (Phi) is 7.04. The molecule has 0 spiro atoms. The normalized spacial score (nSPS) is 20.4. The van der Waals surface area contributed by atoms with Crippen LogP contribution >= 0.6 is 0 Å². The number of ether oxygens (including phenoxy) is 2. The monoisotopic (exact) mass is 528 g/mol. The van der Waals surface area contributed by atoms with Gasteiger partial charge in [-0.3, -0.25) is 14.5 Å². The van der Waals surface area contributed by atoms with Crippen molar-refractivity contribution in [2.45, 2.75) is 43.9 Å². The first-order valence-electron chi connectivity index (χ1n) is 13.9. The molecule has 2 aliphatic rings. The van der Waals surface area contributed by atoms with Gasteiger partial charge in [0.25, 0.3) is 0 Å². The first kappa shape index (κ1) is 25.5. The summed E-state index contributed by atoms with van der Waals surface area (Å²) in [6, 6.07) is 12.0. The van der Waals surface area contributed by atoms with Gasteiger partial charge in [0, 0.05) is 53.7 Å². The summed E-state index contributed by atoms with van der Waals surface area (Å²) in [7, 11) is 3.34. The highest BCUT2D eigenvalue weighted by Crippen LogP contribution is 2.36. The second-order valence-corrected chi connectivity index (χ2v) is 10.8. The zero-order valence-corrected chi connectivity index (χ0v) is 22.7. The molecule has 6 rings (SSSR count). The van der Waals surface area contributed by atoms with E-state index in [1.54, 1.807) is 14.2 Å². The van der Waals surface area contributed by atoms with Gasteiger partial charge in [0.15, 0.2) is 0 Å². The van der Waals surface area contributed by atoms with Gasteiger partial charge < -0.3 is 24.3 Å². The number of fused-ring (bicyclic) bond motifs is 2. The van der Waals surface area contributed by atoms with E-state index in [0.29, 0.717) is 12.5 Å². The number of carbonyl (C=O) groups is 2. The summed E-state index contributed by atoms with van der Waals surface area (Å²) < 4.78 is 10.8. The molecular weight excluding hydrogens is 492 g/mol. The molecule has 8 nitrogen and oxygen atoms in total. The number of rotatable bonds is 9. The molecule has 2 unspecified atom stereocenters. The molecule has 2 saturated heterocycles. The lowest BCUT2D eigenvalue weighted by Crippen LogP contribution is -2.36. The van der Waals surface area contributed by atoms with Crippen LogP contribution in [0.3, 0.4) is 0 Å². The van der Waals surface area contributed by atoms with Gasteiger partial charge in [0.05, 0.1) is 20.1 Å². The van der Waals surface area contributed by atoms with Crippen molar-refractivity contribution < 1.29 is 19.1 Å². The Labute approximate surface area is 228 Å². The molecule has 2 amide bonds. The van der Waals surface area contributed by atoms with Crippen LogP contribution in [0.1, 0.15) is 55.1 Å². The van der Waals surface area contributed by atoms with E-state index in [4.69, 9.17) is 9.47 Å². The number of methoxy groups -OCH3 is 2. The number of imide groups is 1. The van der Waals surface area contributed by atoms with Crippen LogP contribution in [0.15, 0.2) is 48.8 Å². The van der Waals surface area contributed by atoms with Gasteiger partial charge in [-0.05, 0) is 92.2 Å². The average molecular weight is 529 g/mol. The van der Waals surface area contributed by atoms with Crippen LogP contribution in [0, 0.1) is 0 Å². The molecule has 2 aromatic carbocycles. The van der Waals surface area contributed by atoms with Crippen LogP contribution in [0.2, 0.25) is 0 Å². The van der Waals surface area contributed by atoms with Crippen LogP contribution in [0.4, 0.5) is 0 Å². The first-order chi connectivity index (χ1) is 19.1. The molecule has 2 aliphatic heterocycles.